The number of hydrogen-bond acceptors (Lipinski definition) is 6. The van der Waals surface area contributed by atoms with Gasteiger partial charge in [0.15, 0.2) is 0 Å². The quantitative estimate of drug-likeness (QED) is 0.858. The molecule has 2 aromatic rings. The summed E-state index contributed by atoms with van der Waals surface area (Å²) in [6, 6.07) is 2.10. The van der Waals surface area contributed by atoms with E-state index in [1.54, 1.807) is 30.2 Å². The van der Waals surface area contributed by atoms with E-state index in [0.717, 1.165) is 6.42 Å². The van der Waals surface area contributed by atoms with Gasteiger partial charge in [-0.3, -0.25) is 0 Å². The summed E-state index contributed by atoms with van der Waals surface area (Å²) in [5, 5.41) is 6.96. The minimum Gasteiger partial charge on any atom is -0.460 e. The molecule has 0 aromatic carbocycles. The van der Waals surface area contributed by atoms with Crippen LogP contribution >= 0.6 is 0 Å². The lowest BCUT2D eigenvalue weighted by molar-refractivity contribution is 0.198. The van der Waals surface area contributed by atoms with Gasteiger partial charge < -0.3 is 10.1 Å². The van der Waals surface area contributed by atoms with Gasteiger partial charge in [0.1, 0.15) is 0 Å². The molecule has 0 bridgehead atoms. The lowest BCUT2D eigenvalue weighted by Crippen LogP contribution is -2.15. The summed E-state index contributed by atoms with van der Waals surface area (Å²) in [4.78, 5) is 12.6. The van der Waals surface area contributed by atoms with Crippen LogP contribution in [0.25, 0.3) is 5.95 Å². The lowest BCUT2D eigenvalue weighted by Gasteiger charge is -2.12. The molecule has 0 aliphatic rings. The maximum Gasteiger partial charge on any atom is 0.323 e. The van der Waals surface area contributed by atoms with Crippen molar-refractivity contribution < 1.29 is 4.74 Å². The van der Waals surface area contributed by atoms with Crippen molar-refractivity contribution >= 4 is 5.95 Å². The van der Waals surface area contributed by atoms with Crippen molar-refractivity contribution in [1.29, 1.82) is 0 Å². The van der Waals surface area contributed by atoms with Crippen LogP contribution in [-0.2, 0) is 0 Å². The fraction of sp³-hybridized carbons (Fsp3) is 0.455. The molecule has 0 aliphatic carbocycles. The molecule has 0 spiro atoms. The highest BCUT2D eigenvalue weighted by atomic mass is 16.5. The van der Waals surface area contributed by atoms with Crippen LogP contribution in [-0.4, -0.2) is 37.9 Å². The van der Waals surface area contributed by atoms with Crippen molar-refractivity contribution in [2.75, 3.05) is 12.4 Å². The number of nitrogens with zero attached hydrogens (tertiary/aromatic N) is 5. The average molecular weight is 248 g/mol. The second-order valence-corrected chi connectivity index (χ2v) is 3.78. The lowest BCUT2D eigenvalue weighted by atomic mass is 10.3. The maximum atomic E-state index is 5.60. The Hall–Kier alpha value is -2.18. The van der Waals surface area contributed by atoms with Crippen LogP contribution in [0.4, 0.5) is 5.95 Å². The first-order valence-corrected chi connectivity index (χ1v) is 5.83. The molecule has 1 unspecified atom stereocenters. The molecule has 0 saturated heterocycles. The van der Waals surface area contributed by atoms with Gasteiger partial charge in [-0.05, 0) is 19.4 Å². The van der Waals surface area contributed by atoms with Crippen LogP contribution in [0.1, 0.15) is 20.3 Å². The van der Waals surface area contributed by atoms with Gasteiger partial charge in [0.05, 0.1) is 6.10 Å². The van der Waals surface area contributed by atoms with Crippen molar-refractivity contribution in [2.45, 2.75) is 26.4 Å². The molecule has 18 heavy (non-hydrogen) atoms. The molecule has 2 aromatic heterocycles. The van der Waals surface area contributed by atoms with E-state index in [4.69, 9.17) is 4.74 Å². The first kappa shape index (κ1) is 12.3. The summed E-state index contributed by atoms with van der Waals surface area (Å²) in [6.45, 7) is 4.01. The third-order valence-electron chi connectivity index (χ3n) is 2.42. The smallest absolute Gasteiger partial charge is 0.323 e. The topological polar surface area (TPSA) is 77.8 Å². The zero-order valence-electron chi connectivity index (χ0n) is 10.7. The molecule has 0 saturated carbocycles. The second kappa shape index (κ2) is 5.44. The Balaban J connectivity index is 2.33. The van der Waals surface area contributed by atoms with Crippen LogP contribution in [0.2, 0.25) is 0 Å². The number of rotatable bonds is 5. The molecule has 2 rings (SSSR count). The zero-order valence-corrected chi connectivity index (χ0v) is 10.7. The SMILES string of the molecule is CCC(C)Oc1nc(NC)nc(-n2cccn2)n1. The fourth-order valence-electron chi connectivity index (χ4n) is 1.26. The molecular formula is C11H16N6O. The number of hydrogen-bond donors (Lipinski definition) is 1. The van der Waals surface area contributed by atoms with Gasteiger partial charge in [0.2, 0.25) is 5.95 Å². The van der Waals surface area contributed by atoms with Crippen molar-refractivity contribution in [3.8, 4) is 12.0 Å². The van der Waals surface area contributed by atoms with Crippen LogP contribution in [0.15, 0.2) is 18.5 Å². The molecule has 2 heterocycles. The zero-order chi connectivity index (χ0) is 13.0. The van der Waals surface area contributed by atoms with E-state index < -0.39 is 0 Å². The van der Waals surface area contributed by atoms with E-state index in [9.17, 15) is 0 Å². The molecule has 0 fully saturated rings. The Kier molecular flexibility index (Phi) is 3.71. The van der Waals surface area contributed by atoms with Crippen LogP contribution < -0.4 is 10.1 Å². The van der Waals surface area contributed by atoms with Crippen molar-refractivity contribution in [1.82, 2.24) is 24.7 Å². The monoisotopic (exact) mass is 248 g/mol. The average Bonchev–Trinajstić information content (AvgIpc) is 2.92. The van der Waals surface area contributed by atoms with Crippen molar-refractivity contribution in [3.63, 3.8) is 0 Å². The first-order chi connectivity index (χ1) is 8.72. The maximum absolute atomic E-state index is 5.60. The highest BCUT2D eigenvalue weighted by molar-refractivity contribution is 5.29. The summed E-state index contributed by atoms with van der Waals surface area (Å²) in [7, 11) is 1.75. The number of anilines is 1. The summed E-state index contributed by atoms with van der Waals surface area (Å²) in [5.41, 5.74) is 0. The normalized spacial score (nSPS) is 12.2. The van der Waals surface area contributed by atoms with E-state index in [2.05, 4.69) is 25.4 Å². The van der Waals surface area contributed by atoms with Crippen molar-refractivity contribution in [3.05, 3.63) is 18.5 Å². The Morgan fingerprint density at radius 3 is 2.83 bits per heavy atom. The molecule has 7 heteroatoms. The largest absolute Gasteiger partial charge is 0.460 e. The molecular weight excluding hydrogens is 232 g/mol. The number of ether oxygens (including phenoxy) is 1. The van der Waals surface area contributed by atoms with E-state index in [1.807, 2.05) is 13.8 Å². The highest BCUT2D eigenvalue weighted by Crippen LogP contribution is 2.12. The van der Waals surface area contributed by atoms with Gasteiger partial charge in [-0.1, -0.05) is 6.92 Å². The summed E-state index contributed by atoms with van der Waals surface area (Å²) in [6.07, 6.45) is 4.37. The third-order valence-corrected chi connectivity index (χ3v) is 2.42. The minimum atomic E-state index is 0.0579. The first-order valence-electron chi connectivity index (χ1n) is 5.83. The molecule has 0 aliphatic heterocycles. The summed E-state index contributed by atoms with van der Waals surface area (Å²) in [5.74, 6) is 0.881. The fourth-order valence-corrected chi connectivity index (χ4v) is 1.26. The van der Waals surface area contributed by atoms with Crippen molar-refractivity contribution in [2.24, 2.45) is 0 Å². The number of aromatic nitrogens is 5. The standard InChI is InChI=1S/C11H16N6O/c1-4-8(2)18-11-15-9(12-3)14-10(16-11)17-7-5-6-13-17/h5-8H,4H2,1-3H3,(H,12,14,15,16). The minimum absolute atomic E-state index is 0.0579. The van der Waals surface area contributed by atoms with E-state index in [-0.39, 0.29) is 6.10 Å². The van der Waals surface area contributed by atoms with Crippen LogP contribution in [0.3, 0.4) is 0 Å². The Morgan fingerprint density at radius 1 is 1.39 bits per heavy atom. The van der Waals surface area contributed by atoms with Crippen LogP contribution in [0.5, 0.6) is 6.01 Å². The Morgan fingerprint density at radius 2 is 2.22 bits per heavy atom. The van der Waals surface area contributed by atoms with E-state index in [1.165, 1.54) is 0 Å². The summed E-state index contributed by atoms with van der Waals surface area (Å²) >= 11 is 0. The molecule has 1 atom stereocenters. The molecule has 7 nitrogen and oxygen atoms in total. The molecule has 0 radical (unpaired) electrons. The predicted molar refractivity (Wildman–Crippen MR) is 66.9 cm³/mol. The van der Waals surface area contributed by atoms with Gasteiger partial charge in [0, 0.05) is 19.4 Å². The van der Waals surface area contributed by atoms with E-state index in [0.29, 0.717) is 17.9 Å². The summed E-state index contributed by atoms with van der Waals surface area (Å²) < 4.78 is 7.16. The highest BCUT2D eigenvalue weighted by Gasteiger charge is 2.10. The molecule has 96 valence electrons. The van der Waals surface area contributed by atoms with E-state index >= 15 is 0 Å². The van der Waals surface area contributed by atoms with Gasteiger partial charge in [-0.15, -0.1) is 0 Å². The van der Waals surface area contributed by atoms with Gasteiger partial charge in [0.25, 0.3) is 5.95 Å². The van der Waals surface area contributed by atoms with Crippen LogP contribution in [0, 0.1) is 0 Å². The third kappa shape index (κ3) is 2.73. The molecule has 1 N–H and O–H groups in total. The van der Waals surface area contributed by atoms with Gasteiger partial charge >= 0.3 is 6.01 Å². The Labute approximate surface area is 105 Å². The predicted octanol–water partition coefficient (Wildman–Crippen LogP) is 1.28. The van der Waals surface area contributed by atoms with Gasteiger partial charge in [-0.2, -0.15) is 20.1 Å². The second-order valence-electron chi connectivity index (χ2n) is 3.78. The molecule has 0 amide bonds. The van der Waals surface area contributed by atoms with Gasteiger partial charge in [-0.25, -0.2) is 4.68 Å². The number of nitrogens with one attached hydrogen (secondary N) is 1. The Bertz CT molecular complexity index is 498.